The quantitative estimate of drug-likeness (QED) is 0.674. The molecule has 1 aromatic rings. The predicted octanol–water partition coefficient (Wildman–Crippen LogP) is 3.13. The van der Waals surface area contributed by atoms with Crippen molar-refractivity contribution in [3.05, 3.63) is 40.6 Å². The van der Waals surface area contributed by atoms with Crippen LogP contribution in [0.5, 0.6) is 0 Å². The normalized spacial score (nSPS) is 25.8. The van der Waals surface area contributed by atoms with Gasteiger partial charge in [-0.25, -0.2) is 4.79 Å². The second-order valence-corrected chi connectivity index (χ2v) is 5.75. The van der Waals surface area contributed by atoms with Crippen LogP contribution in [-0.4, -0.2) is 22.9 Å². The first-order chi connectivity index (χ1) is 8.93. The lowest BCUT2D eigenvalue weighted by atomic mass is 9.98. The average molecular weight is 299 g/mol. The van der Waals surface area contributed by atoms with Gasteiger partial charge in [0.25, 0.3) is 0 Å². The molecule has 1 atom stereocenters. The van der Waals surface area contributed by atoms with Gasteiger partial charge in [0, 0.05) is 23.9 Å². The average Bonchev–Trinajstić information content (AvgIpc) is 3.18. The molecule has 1 aromatic carbocycles. The van der Waals surface area contributed by atoms with Crippen LogP contribution in [0.25, 0.3) is 0 Å². The van der Waals surface area contributed by atoms with Crippen molar-refractivity contribution >= 4 is 40.8 Å². The van der Waals surface area contributed by atoms with Crippen LogP contribution >= 0.6 is 23.4 Å². The first-order valence-electron chi connectivity index (χ1n) is 5.82. The van der Waals surface area contributed by atoms with Gasteiger partial charge in [0.15, 0.2) is 23.0 Å². The summed E-state index contributed by atoms with van der Waals surface area (Å²) in [6.45, 7) is 0. The molecule has 98 valence electrons. The Morgan fingerprint density at radius 2 is 2.05 bits per heavy atom. The molecule has 1 heterocycles. The number of quaternary nitrogens is 1. The molecule has 1 saturated carbocycles. The number of carboxylic acid groups (broad SMARTS) is 1. The number of aliphatic carboxylic acids is 1. The van der Waals surface area contributed by atoms with Crippen LogP contribution in [0.4, 0.5) is 5.69 Å². The molecule has 3 rings (SSSR count). The van der Waals surface area contributed by atoms with Gasteiger partial charge in [0.2, 0.25) is 5.78 Å². The molecule has 0 radical (unpaired) electrons. The molecule has 1 aliphatic carbocycles. The highest BCUT2D eigenvalue weighted by Gasteiger charge is 2.51. The molecule has 2 aliphatic rings. The molecule has 1 fully saturated rings. The van der Waals surface area contributed by atoms with E-state index in [1.54, 1.807) is 12.1 Å². The fraction of sp³-hybridized carbons (Fsp3) is 0.231. The number of rotatable bonds is 2. The van der Waals surface area contributed by atoms with Gasteiger partial charge in [0.05, 0.1) is 5.56 Å². The second-order valence-electron chi connectivity index (χ2n) is 4.76. The van der Waals surface area contributed by atoms with Crippen LogP contribution in [0.1, 0.15) is 23.2 Å². The Kier molecular flexibility index (Phi) is 2.71. The Labute approximate surface area is 119 Å². The molecule has 6 heteroatoms. The smallest absolute Gasteiger partial charge is 0.345 e. The molecule has 1 N–H and O–H groups in total. The zero-order chi connectivity index (χ0) is 13.8. The minimum atomic E-state index is -1.26. The number of hydrogen-bond donors (Lipinski definition) is 1. The second kappa shape index (κ2) is 4.07. The van der Waals surface area contributed by atoms with E-state index in [-0.39, 0.29) is 15.6 Å². The van der Waals surface area contributed by atoms with E-state index >= 15 is 0 Å². The summed E-state index contributed by atoms with van der Waals surface area (Å²) in [6.07, 6.45) is 3.11. The summed E-state index contributed by atoms with van der Waals surface area (Å²) in [4.78, 5) is 23.3. The Bertz CT molecular complexity index is 637. The SMILES string of the molecule is O=C(O)C1=C[N+](Cl)(C2CC2)c2cc(Cl)ccc2C1=O. The standard InChI is InChI=1S/C13H9Cl2NO3/c14-7-1-4-9-11(5-7)16(15,8-2-3-8)6-10(12(9)17)13(18)19/h1,4-6,8H,2-3H2/p+1. The van der Waals surface area contributed by atoms with Crippen molar-refractivity contribution in [2.24, 2.45) is 0 Å². The summed E-state index contributed by atoms with van der Waals surface area (Å²) in [5.74, 6) is -1.77. The van der Waals surface area contributed by atoms with Crippen molar-refractivity contribution < 1.29 is 14.7 Å². The topological polar surface area (TPSA) is 54.4 Å². The summed E-state index contributed by atoms with van der Waals surface area (Å²) in [5, 5.41) is 9.61. The van der Waals surface area contributed by atoms with Crippen LogP contribution in [0.2, 0.25) is 5.02 Å². The van der Waals surface area contributed by atoms with E-state index in [4.69, 9.17) is 28.5 Å². The number of fused-ring (bicyclic) bond motifs is 1. The van der Waals surface area contributed by atoms with E-state index < -0.39 is 11.8 Å². The number of benzene rings is 1. The Hall–Kier alpha value is -1.36. The third-order valence-electron chi connectivity index (χ3n) is 3.44. The molecule has 0 spiro atoms. The van der Waals surface area contributed by atoms with Crippen molar-refractivity contribution in [3.63, 3.8) is 0 Å². The molecular weight excluding hydrogens is 289 g/mol. The first kappa shape index (κ1) is 12.7. The molecule has 0 amide bonds. The fourth-order valence-electron chi connectivity index (χ4n) is 2.35. The van der Waals surface area contributed by atoms with E-state index in [0.29, 0.717) is 16.3 Å². The van der Waals surface area contributed by atoms with Gasteiger partial charge in [-0.3, -0.25) is 4.79 Å². The largest absolute Gasteiger partial charge is 0.477 e. The Balaban J connectivity index is 2.25. The fourth-order valence-corrected chi connectivity index (χ4v) is 2.95. The van der Waals surface area contributed by atoms with Crippen LogP contribution in [-0.2, 0) is 4.79 Å². The Morgan fingerprint density at radius 3 is 2.63 bits per heavy atom. The van der Waals surface area contributed by atoms with Crippen molar-refractivity contribution in [2.45, 2.75) is 18.9 Å². The van der Waals surface area contributed by atoms with E-state index in [1.165, 1.54) is 12.3 Å². The monoisotopic (exact) mass is 298 g/mol. The third kappa shape index (κ3) is 1.87. The van der Waals surface area contributed by atoms with Crippen molar-refractivity contribution in [3.8, 4) is 0 Å². The maximum absolute atomic E-state index is 12.1. The number of carbonyl (C=O) groups is 2. The van der Waals surface area contributed by atoms with Crippen molar-refractivity contribution in [1.82, 2.24) is 4.00 Å². The van der Waals surface area contributed by atoms with Gasteiger partial charge in [-0.2, -0.15) is 4.00 Å². The molecule has 0 bridgehead atoms. The maximum Gasteiger partial charge on any atom is 0.345 e. The van der Waals surface area contributed by atoms with E-state index in [1.807, 2.05) is 0 Å². The highest BCUT2D eigenvalue weighted by Crippen LogP contribution is 2.47. The van der Waals surface area contributed by atoms with Gasteiger partial charge in [0.1, 0.15) is 12.2 Å². The maximum atomic E-state index is 12.1. The lowest BCUT2D eigenvalue weighted by Crippen LogP contribution is -2.41. The summed E-state index contributed by atoms with van der Waals surface area (Å²) >= 11 is 12.5. The molecule has 4 nitrogen and oxygen atoms in total. The summed E-state index contributed by atoms with van der Waals surface area (Å²) in [7, 11) is 0. The zero-order valence-corrected chi connectivity index (χ0v) is 11.3. The lowest BCUT2D eigenvalue weighted by molar-refractivity contribution is -0.132. The van der Waals surface area contributed by atoms with Crippen molar-refractivity contribution in [1.29, 1.82) is 0 Å². The number of nitrogens with zero attached hydrogens (tertiary/aromatic N) is 1. The van der Waals surface area contributed by atoms with E-state index in [2.05, 4.69) is 0 Å². The van der Waals surface area contributed by atoms with E-state index in [9.17, 15) is 9.59 Å². The lowest BCUT2D eigenvalue weighted by Gasteiger charge is -2.30. The minimum absolute atomic E-state index is 0.0985. The number of Topliss-reactive ketones (excluding diaryl/α,β-unsaturated/α-hetero) is 1. The molecule has 0 aromatic heterocycles. The van der Waals surface area contributed by atoms with Crippen LogP contribution in [0.3, 0.4) is 0 Å². The first-order valence-corrected chi connectivity index (χ1v) is 6.54. The summed E-state index contributed by atoms with van der Waals surface area (Å²) < 4.78 is -0.177. The summed E-state index contributed by atoms with van der Waals surface area (Å²) in [5.41, 5.74) is 0.592. The van der Waals surface area contributed by atoms with Gasteiger partial charge in [-0.1, -0.05) is 11.6 Å². The molecule has 1 aliphatic heterocycles. The predicted molar refractivity (Wildman–Crippen MR) is 72.2 cm³/mol. The number of halogens is 2. The van der Waals surface area contributed by atoms with Crippen LogP contribution in [0.15, 0.2) is 30.0 Å². The minimum Gasteiger partial charge on any atom is -0.477 e. The highest BCUT2D eigenvalue weighted by atomic mass is 35.5. The summed E-state index contributed by atoms with van der Waals surface area (Å²) in [6, 6.07) is 4.83. The van der Waals surface area contributed by atoms with Gasteiger partial charge in [-0.05, 0) is 12.1 Å². The zero-order valence-electron chi connectivity index (χ0n) is 9.77. The van der Waals surface area contributed by atoms with Crippen LogP contribution < -0.4 is 4.00 Å². The van der Waals surface area contributed by atoms with Crippen molar-refractivity contribution in [2.75, 3.05) is 0 Å². The van der Waals surface area contributed by atoms with Gasteiger partial charge in [-0.15, -0.1) is 0 Å². The van der Waals surface area contributed by atoms with Gasteiger partial charge < -0.3 is 5.11 Å². The Morgan fingerprint density at radius 1 is 1.37 bits per heavy atom. The molecule has 0 saturated heterocycles. The number of carbonyl (C=O) groups excluding carboxylic acids is 1. The molecule has 1 unspecified atom stereocenters. The highest BCUT2D eigenvalue weighted by molar-refractivity contribution is 6.34. The number of hydrogen-bond acceptors (Lipinski definition) is 2. The third-order valence-corrected chi connectivity index (χ3v) is 4.23. The molecular formula is C13H10Cl2NO3+. The van der Waals surface area contributed by atoms with E-state index in [0.717, 1.165) is 12.8 Å². The number of ketones is 1. The van der Waals surface area contributed by atoms with Crippen LogP contribution in [0, 0.1) is 0 Å². The number of carboxylic acids is 1. The molecule has 19 heavy (non-hydrogen) atoms. The van der Waals surface area contributed by atoms with Gasteiger partial charge >= 0.3 is 5.97 Å².